The number of pyridine rings is 1. The second-order valence-electron chi connectivity index (χ2n) is 3.92. The summed E-state index contributed by atoms with van der Waals surface area (Å²) in [6.45, 7) is 8.90. The average Bonchev–Trinajstić information content (AvgIpc) is 2.39. The number of halogens is 1. The monoisotopic (exact) mass is 294 g/mol. The molecule has 0 saturated carbocycles. The van der Waals surface area contributed by atoms with Gasteiger partial charge in [0.1, 0.15) is 0 Å². The fourth-order valence-electron chi connectivity index (χ4n) is 1.68. The van der Waals surface area contributed by atoms with Crippen LogP contribution < -0.4 is 34.7 Å². The number of rotatable bonds is 2. The molecule has 0 radical (unpaired) electrons. The van der Waals surface area contributed by atoms with Crippen molar-refractivity contribution in [1.82, 2.24) is 4.98 Å². The number of nitrogens with zero attached hydrogens (tertiary/aromatic N) is 2. The first kappa shape index (κ1) is 16.7. The molecule has 0 aliphatic heterocycles. The van der Waals surface area contributed by atoms with Crippen LogP contribution in [0, 0.1) is 13.5 Å². The largest absolute Gasteiger partial charge is 1.00 e. The van der Waals surface area contributed by atoms with Crippen molar-refractivity contribution >= 4 is 23.3 Å². The van der Waals surface area contributed by atoms with Crippen LogP contribution in [0.2, 0.25) is 5.02 Å². The molecule has 0 unspecified atom stereocenters. The van der Waals surface area contributed by atoms with Gasteiger partial charge in [0.05, 0.1) is 23.3 Å². The van der Waals surface area contributed by atoms with Crippen LogP contribution in [0.3, 0.4) is 0 Å². The van der Waals surface area contributed by atoms with Crippen molar-refractivity contribution in [3.63, 3.8) is 0 Å². The Morgan fingerprint density at radius 1 is 1.40 bits per heavy atom. The molecule has 0 N–H and O–H groups in total. The van der Waals surface area contributed by atoms with Crippen LogP contribution in [0.5, 0.6) is 0 Å². The Kier molecular flexibility index (Phi) is 5.73. The van der Waals surface area contributed by atoms with E-state index in [1.165, 1.54) is 12.3 Å². The van der Waals surface area contributed by atoms with Crippen molar-refractivity contribution < 1.29 is 39.5 Å². The van der Waals surface area contributed by atoms with Crippen LogP contribution in [0.4, 0.5) is 5.69 Å². The van der Waals surface area contributed by atoms with Gasteiger partial charge in [-0.15, -0.1) is 0 Å². The summed E-state index contributed by atoms with van der Waals surface area (Å²) in [6, 6.07) is 6.43. The number of hydrogen-bond acceptors (Lipinski definition) is 3. The first-order chi connectivity index (χ1) is 9.04. The molecule has 1 aromatic heterocycles. The molecule has 1 heterocycles. The van der Waals surface area contributed by atoms with Crippen molar-refractivity contribution in [3.05, 3.63) is 58.0 Å². The third-order valence-electron chi connectivity index (χ3n) is 2.71. The maximum Gasteiger partial charge on any atom is 1.00 e. The Labute approximate surface area is 143 Å². The normalized spacial score (nSPS) is 9.45. The minimum Gasteiger partial charge on any atom is -0.545 e. The van der Waals surface area contributed by atoms with Gasteiger partial charge in [-0.05, 0) is 30.2 Å². The Hall–Kier alpha value is -1.38. The summed E-state index contributed by atoms with van der Waals surface area (Å²) in [5.74, 6) is -1.36. The van der Waals surface area contributed by atoms with Crippen LogP contribution >= 0.6 is 11.6 Å². The minimum absolute atomic E-state index is 0. The minimum atomic E-state index is -1.36. The fourth-order valence-corrected chi connectivity index (χ4v) is 1.98. The molecule has 2 aromatic rings. The molecular weight excluding hydrogens is 287 g/mol. The summed E-state index contributed by atoms with van der Waals surface area (Å²) in [7, 11) is 0. The number of benzene rings is 1. The van der Waals surface area contributed by atoms with Gasteiger partial charge in [0.15, 0.2) is 5.69 Å². The third-order valence-corrected chi connectivity index (χ3v) is 3.09. The van der Waals surface area contributed by atoms with Crippen LogP contribution in [0.1, 0.15) is 15.9 Å². The van der Waals surface area contributed by atoms with E-state index in [9.17, 15) is 9.90 Å². The Bertz CT molecular complexity index is 711. The van der Waals surface area contributed by atoms with E-state index in [2.05, 4.69) is 9.83 Å². The molecule has 1 aromatic carbocycles. The Morgan fingerprint density at radius 2 is 2.10 bits per heavy atom. The van der Waals surface area contributed by atoms with Gasteiger partial charge < -0.3 is 9.90 Å². The van der Waals surface area contributed by atoms with E-state index in [0.717, 1.165) is 5.56 Å². The van der Waals surface area contributed by atoms with Crippen molar-refractivity contribution in [2.24, 2.45) is 0 Å². The summed E-state index contributed by atoms with van der Waals surface area (Å²) in [4.78, 5) is 18.4. The summed E-state index contributed by atoms with van der Waals surface area (Å²) in [5.41, 5.74) is 2.13. The van der Waals surface area contributed by atoms with E-state index in [-0.39, 0.29) is 40.1 Å². The number of carbonyl (C=O) groups is 1. The van der Waals surface area contributed by atoms with Gasteiger partial charge in [0.2, 0.25) is 0 Å². The van der Waals surface area contributed by atoms with Crippen LogP contribution in [-0.2, 0) is 0 Å². The number of aromatic nitrogens is 1. The maximum atomic E-state index is 10.9. The van der Waals surface area contributed by atoms with Gasteiger partial charge in [-0.1, -0.05) is 23.7 Å². The molecule has 0 amide bonds. The molecular formula is C14H8ClN2NaO2. The first-order valence-electron chi connectivity index (χ1n) is 5.39. The molecule has 94 valence electrons. The smallest absolute Gasteiger partial charge is 0.545 e. The van der Waals surface area contributed by atoms with E-state index in [4.69, 9.17) is 18.2 Å². The van der Waals surface area contributed by atoms with E-state index in [0.29, 0.717) is 16.9 Å². The summed E-state index contributed by atoms with van der Waals surface area (Å²) >= 11 is 6.01. The number of aryl methyl sites for hydroxylation is 1. The van der Waals surface area contributed by atoms with Crippen LogP contribution in [0.25, 0.3) is 16.1 Å². The second kappa shape index (κ2) is 6.87. The number of carbonyl (C=O) groups excluding carboxylic acids is 1. The zero-order valence-electron chi connectivity index (χ0n) is 11.0. The molecule has 0 atom stereocenters. The predicted octanol–water partition coefficient (Wildman–Crippen LogP) is -0.371. The van der Waals surface area contributed by atoms with Gasteiger partial charge >= 0.3 is 29.6 Å². The van der Waals surface area contributed by atoms with Gasteiger partial charge in [-0.2, -0.15) is 0 Å². The van der Waals surface area contributed by atoms with E-state index in [1.807, 2.05) is 6.92 Å². The zero-order valence-corrected chi connectivity index (χ0v) is 13.7. The summed E-state index contributed by atoms with van der Waals surface area (Å²) < 4.78 is 0. The molecule has 2 rings (SSSR count). The van der Waals surface area contributed by atoms with Crippen LogP contribution in [-0.4, -0.2) is 11.0 Å². The molecule has 0 bridgehead atoms. The van der Waals surface area contributed by atoms with Crippen molar-refractivity contribution in [2.45, 2.75) is 6.92 Å². The standard InChI is InChI=1S/C14H9ClN2O2.Na/c1-8-3-4-9(7-11(8)16-2)13-12(15)10(14(18)19)5-6-17-13;/h3-7H,1H3,(H,18,19);/q;+1/p-1. The van der Waals surface area contributed by atoms with Crippen molar-refractivity contribution in [2.75, 3.05) is 0 Å². The predicted molar refractivity (Wildman–Crippen MR) is 70.0 cm³/mol. The quantitative estimate of drug-likeness (QED) is 0.561. The first-order valence-corrected chi connectivity index (χ1v) is 5.76. The van der Waals surface area contributed by atoms with Crippen LogP contribution in [0.15, 0.2) is 30.5 Å². The third kappa shape index (κ3) is 3.20. The van der Waals surface area contributed by atoms with Crippen molar-refractivity contribution in [3.8, 4) is 11.3 Å². The number of aromatic carboxylic acids is 1. The molecule has 4 nitrogen and oxygen atoms in total. The Balaban J connectivity index is 0.00000200. The summed E-state index contributed by atoms with van der Waals surface area (Å²) in [6.07, 6.45) is 1.35. The van der Waals surface area contributed by atoms with Gasteiger partial charge in [0.25, 0.3) is 0 Å². The SMILES string of the molecule is [C-]#[N+]c1cc(-c2nccc(C(=O)[O-])c2Cl)ccc1C.[Na+]. The van der Waals surface area contributed by atoms with Crippen molar-refractivity contribution in [1.29, 1.82) is 0 Å². The molecule has 6 heteroatoms. The van der Waals surface area contributed by atoms with Gasteiger partial charge in [0, 0.05) is 11.8 Å². The van der Waals surface area contributed by atoms with E-state index in [1.54, 1.807) is 18.2 Å². The fraction of sp³-hybridized carbons (Fsp3) is 0.0714. The van der Waals surface area contributed by atoms with E-state index < -0.39 is 5.97 Å². The molecule has 0 aliphatic rings. The number of hydrogen-bond donors (Lipinski definition) is 0. The number of carboxylic acids is 1. The Morgan fingerprint density at radius 3 is 2.70 bits per heavy atom. The van der Waals surface area contributed by atoms with Gasteiger partial charge in [-0.25, -0.2) is 4.85 Å². The molecule has 0 spiro atoms. The zero-order chi connectivity index (χ0) is 14.0. The molecule has 0 fully saturated rings. The molecule has 20 heavy (non-hydrogen) atoms. The summed E-state index contributed by atoms with van der Waals surface area (Å²) in [5, 5.41) is 10.9. The average molecular weight is 295 g/mol. The molecule has 0 aliphatic carbocycles. The molecule has 0 saturated heterocycles. The second-order valence-corrected chi connectivity index (χ2v) is 4.30. The number of carboxylic acid groups (broad SMARTS) is 1. The maximum absolute atomic E-state index is 10.9. The topological polar surface area (TPSA) is 57.4 Å². The van der Waals surface area contributed by atoms with E-state index >= 15 is 0 Å². The van der Waals surface area contributed by atoms with Gasteiger partial charge in [-0.3, -0.25) is 4.98 Å².